The lowest BCUT2D eigenvalue weighted by atomic mass is 10.1. The highest BCUT2D eigenvalue weighted by molar-refractivity contribution is 5.96. The van der Waals surface area contributed by atoms with Crippen LogP contribution >= 0.6 is 0 Å². The summed E-state index contributed by atoms with van der Waals surface area (Å²) in [4.78, 5) is 11.4. The van der Waals surface area contributed by atoms with Gasteiger partial charge in [-0.15, -0.1) is 0 Å². The van der Waals surface area contributed by atoms with Crippen molar-refractivity contribution in [2.24, 2.45) is 0 Å². The number of rotatable bonds is 4. The van der Waals surface area contributed by atoms with E-state index in [4.69, 9.17) is 4.74 Å². The molecule has 20 heavy (non-hydrogen) atoms. The maximum absolute atomic E-state index is 13.1. The predicted octanol–water partition coefficient (Wildman–Crippen LogP) is 3.89. The number of ether oxygens (including phenoxy) is 1. The maximum atomic E-state index is 13.1. The Morgan fingerprint density at radius 3 is 2.45 bits per heavy atom. The summed E-state index contributed by atoms with van der Waals surface area (Å²) >= 11 is 0. The molecule has 2 nitrogen and oxygen atoms in total. The first kappa shape index (κ1) is 14.1. The van der Waals surface area contributed by atoms with Crippen LogP contribution in [0.3, 0.4) is 0 Å². The van der Waals surface area contributed by atoms with Gasteiger partial charge in [0, 0.05) is 0 Å². The molecule has 0 unspecified atom stereocenters. The van der Waals surface area contributed by atoms with Crippen LogP contribution in [0.15, 0.2) is 36.4 Å². The van der Waals surface area contributed by atoms with Crippen LogP contribution in [0.2, 0.25) is 0 Å². The second-order valence-electron chi connectivity index (χ2n) is 4.23. The summed E-state index contributed by atoms with van der Waals surface area (Å²) in [6.07, 6.45) is 0. The number of carbonyl (C=O) groups is 1. The molecule has 0 saturated heterocycles. The monoisotopic (exact) mass is 280 g/mol. The highest BCUT2D eigenvalue weighted by atomic mass is 19.2. The molecule has 0 aliphatic heterocycles. The largest absolute Gasteiger partial charge is 0.488 e. The Labute approximate surface area is 113 Å². The Bertz CT molecular complexity index is 654. The summed E-state index contributed by atoms with van der Waals surface area (Å²) in [7, 11) is 0. The fourth-order valence-corrected chi connectivity index (χ4v) is 1.69. The Hall–Kier alpha value is -2.30. The van der Waals surface area contributed by atoms with Crippen molar-refractivity contribution in [3.05, 3.63) is 65.0 Å². The van der Waals surface area contributed by atoms with Crippen LogP contribution in [0.1, 0.15) is 22.8 Å². The second kappa shape index (κ2) is 5.77. The number of hydrogen-bond acceptors (Lipinski definition) is 2. The normalized spacial score (nSPS) is 10.4. The SMILES string of the molecule is CC(=O)c1cc(F)ccc1OCc1ccc(F)c(F)c1. The van der Waals surface area contributed by atoms with Crippen molar-refractivity contribution in [2.45, 2.75) is 13.5 Å². The summed E-state index contributed by atoms with van der Waals surface area (Å²) < 4.78 is 44.2. The van der Waals surface area contributed by atoms with Crippen LogP contribution in [-0.4, -0.2) is 5.78 Å². The topological polar surface area (TPSA) is 26.3 Å². The Kier molecular flexibility index (Phi) is 4.08. The van der Waals surface area contributed by atoms with E-state index in [9.17, 15) is 18.0 Å². The molecule has 0 heterocycles. The van der Waals surface area contributed by atoms with Crippen molar-refractivity contribution in [2.75, 3.05) is 0 Å². The van der Waals surface area contributed by atoms with E-state index in [0.717, 1.165) is 24.3 Å². The van der Waals surface area contributed by atoms with Gasteiger partial charge in [0.25, 0.3) is 0 Å². The molecule has 0 radical (unpaired) electrons. The summed E-state index contributed by atoms with van der Waals surface area (Å²) in [5, 5.41) is 0. The molecule has 0 N–H and O–H groups in total. The highest BCUT2D eigenvalue weighted by Crippen LogP contribution is 2.22. The fraction of sp³-hybridized carbons (Fsp3) is 0.133. The van der Waals surface area contributed by atoms with E-state index in [1.54, 1.807) is 0 Å². The number of hydrogen-bond donors (Lipinski definition) is 0. The van der Waals surface area contributed by atoms with Crippen LogP contribution in [0, 0.1) is 17.5 Å². The minimum atomic E-state index is -0.975. The van der Waals surface area contributed by atoms with Gasteiger partial charge in [-0.2, -0.15) is 0 Å². The van der Waals surface area contributed by atoms with E-state index in [1.807, 2.05) is 0 Å². The number of Topliss-reactive ketones (excluding diaryl/α,β-unsaturated/α-hetero) is 1. The molecule has 2 rings (SSSR count). The summed E-state index contributed by atoms with van der Waals surface area (Å²) in [5.41, 5.74) is 0.510. The first-order chi connectivity index (χ1) is 9.47. The minimum Gasteiger partial charge on any atom is -0.488 e. The van der Waals surface area contributed by atoms with Gasteiger partial charge >= 0.3 is 0 Å². The third kappa shape index (κ3) is 3.17. The van der Waals surface area contributed by atoms with E-state index in [2.05, 4.69) is 0 Å². The van der Waals surface area contributed by atoms with Gasteiger partial charge in [-0.1, -0.05) is 6.07 Å². The van der Waals surface area contributed by atoms with Gasteiger partial charge in [0.15, 0.2) is 17.4 Å². The highest BCUT2D eigenvalue weighted by Gasteiger charge is 2.10. The molecule has 0 saturated carbocycles. The van der Waals surface area contributed by atoms with E-state index in [0.29, 0.717) is 5.56 Å². The van der Waals surface area contributed by atoms with Crippen molar-refractivity contribution >= 4 is 5.78 Å². The molecular formula is C15H11F3O2. The fourth-order valence-electron chi connectivity index (χ4n) is 1.69. The maximum Gasteiger partial charge on any atom is 0.163 e. The van der Waals surface area contributed by atoms with E-state index < -0.39 is 17.5 Å². The Balaban J connectivity index is 2.18. The second-order valence-corrected chi connectivity index (χ2v) is 4.23. The predicted molar refractivity (Wildman–Crippen MR) is 67.1 cm³/mol. The van der Waals surface area contributed by atoms with Gasteiger partial charge in [-0.25, -0.2) is 13.2 Å². The number of carbonyl (C=O) groups excluding carboxylic acids is 1. The van der Waals surface area contributed by atoms with Gasteiger partial charge in [0.2, 0.25) is 0 Å². The molecule has 0 fully saturated rings. The molecule has 0 aromatic heterocycles. The molecule has 5 heteroatoms. The van der Waals surface area contributed by atoms with Gasteiger partial charge in [-0.05, 0) is 42.8 Å². The lowest BCUT2D eigenvalue weighted by molar-refractivity contribution is 0.101. The molecule has 0 aliphatic carbocycles. The van der Waals surface area contributed by atoms with Crippen LogP contribution < -0.4 is 4.74 Å². The van der Waals surface area contributed by atoms with Crippen LogP contribution in [0.25, 0.3) is 0 Å². The third-order valence-corrected chi connectivity index (χ3v) is 2.70. The summed E-state index contributed by atoms with van der Waals surface area (Å²) in [5.74, 6) is -2.61. The smallest absolute Gasteiger partial charge is 0.163 e. The van der Waals surface area contributed by atoms with E-state index in [1.165, 1.54) is 19.1 Å². The lowest BCUT2D eigenvalue weighted by Crippen LogP contribution is -2.03. The quantitative estimate of drug-likeness (QED) is 0.794. The van der Waals surface area contributed by atoms with Crippen LogP contribution in [0.4, 0.5) is 13.2 Å². The molecular weight excluding hydrogens is 269 g/mol. The Morgan fingerprint density at radius 1 is 1.05 bits per heavy atom. The molecule has 0 amide bonds. The molecule has 0 atom stereocenters. The molecule has 0 aliphatic rings. The van der Waals surface area contributed by atoms with Crippen molar-refractivity contribution < 1.29 is 22.7 Å². The zero-order chi connectivity index (χ0) is 14.7. The van der Waals surface area contributed by atoms with Gasteiger partial charge in [-0.3, -0.25) is 4.79 Å². The van der Waals surface area contributed by atoms with E-state index in [-0.39, 0.29) is 23.7 Å². The zero-order valence-electron chi connectivity index (χ0n) is 10.6. The molecule has 104 valence electrons. The van der Waals surface area contributed by atoms with Gasteiger partial charge in [0.1, 0.15) is 18.2 Å². The lowest BCUT2D eigenvalue weighted by Gasteiger charge is -2.10. The molecule has 0 bridgehead atoms. The molecule has 2 aromatic rings. The number of halogens is 3. The number of ketones is 1. The zero-order valence-corrected chi connectivity index (χ0v) is 10.6. The average Bonchev–Trinajstić information content (AvgIpc) is 2.41. The standard InChI is InChI=1S/C15H11F3O2/c1-9(19)12-7-11(16)3-5-15(12)20-8-10-2-4-13(17)14(18)6-10/h2-7H,8H2,1H3. The summed E-state index contributed by atoms with van der Waals surface area (Å²) in [6, 6.07) is 6.92. The summed E-state index contributed by atoms with van der Waals surface area (Å²) in [6.45, 7) is 1.24. The first-order valence-corrected chi connectivity index (χ1v) is 5.84. The molecule has 2 aromatic carbocycles. The van der Waals surface area contributed by atoms with Gasteiger partial charge < -0.3 is 4.74 Å². The van der Waals surface area contributed by atoms with E-state index >= 15 is 0 Å². The first-order valence-electron chi connectivity index (χ1n) is 5.84. The average molecular weight is 280 g/mol. The Morgan fingerprint density at radius 2 is 1.80 bits per heavy atom. The number of benzene rings is 2. The molecule has 0 spiro atoms. The third-order valence-electron chi connectivity index (χ3n) is 2.70. The van der Waals surface area contributed by atoms with Crippen molar-refractivity contribution in [3.8, 4) is 5.75 Å². The van der Waals surface area contributed by atoms with Gasteiger partial charge in [0.05, 0.1) is 5.56 Å². The van der Waals surface area contributed by atoms with Crippen molar-refractivity contribution in [3.63, 3.8) is 0 Å². The minimum absolute atomic E-state index is 0.0525. The van der Waals surface area contributed by atoms with Crippen LogP contribution in [0.5, 0.6) is 5.75 Å². The van der Waals surface area contributed by atoms with Crippen molar-refractivity contribution in [1.29, 1.82) is 0 Å². The van der Waals surface area contributed by atoms with Crippen molar-refractivity contribution in [1.82, 2.24) is 0 Å². The van der Waals surface area contributed by atoms with Crippen LogP contribution in [-0.2, 0) is 6.61 Å².